The van der Waals surface area contributed by atoms with Crippen molar-refractivity contribution in [2.24, 2.45) is 5.73 Å². The van der Waals surface area contributed by atoms with Gasteiger partial charge in [-0.05, 0) is 47.9 Å². The van der Waals surface area contributed by atoms with Gasteiger partial charge in [-0.25, -0.2) is 4.39 Å². The Labute approximate surface area is 130 Å². The largest absolute Gasteiger partial charge is 0.389 e. The number of nitrogens with two attached hydrogens (primary N) is 1. The number of thiocarbonyl (C=S) groups is 1. The second kappa shape index (κ2) is 6.68. The maximum atomic E-state index is 13.5. The van der Waals surface area contributed by atoms with Gasteiger partial charge in [0.1, 0.15) is 10.8 Å². The molecule has 0 aliphatic carbocycles. The van der Waals surface area contributed by atoms with Gasteiger partial charge >= 0.3 is 0 Å². The summed E-state index contributed by atoms with van der Waals surface area (Å²) in [5.41, 5.74) is 9.60. The van der Waals surface area contributed by atoms with Crippen molar-refractivity contribution in [1.29, 1.82) is 0 Å². The van der Waals surface area contributed by atoms with E-state index in [2.05, 4.69) is 36.1 Å². The normalized spacial score (nSPS) is 10.4. The van der Waals surface area contributed by atoms with E-state index in [1.807, 2.05) is 7.05 Å². The van der Waals surface area contributed by atoms with E-state index in [0.717, 1.165) is 23.2 Å². The average Bonchev–Trinajstić information content (AvgIpc) is 2.47. The summed E-state index contributed by atoms with van der Waals surface area (Å²) in [4.78, 5) is 2.34. The van der Waals surface area contributed by atoms with Gasteiger partial charge in [0, 0.05) is 24.8 Å². The molecule has 0 saturated heterocycles. The summed E-state index contributed by atoms with van der Waals surface area (Å²) in [6.07, 6.45) is 1.01. The number of hydrogen-bond acceptors (Lipinski definition) is 2. The maximum absolute atomic E-state index is 13.5. The summed E-state index contributed by atoms with van der Waals surface area (Å²) in [6, 6.07) is 12.9. The van der Waals surface area contributed by atoms with Gasteiger partial charge in [-0.3, -0.25) is 0 Å². The van der Waals surface area contributed by atoms with Crippen molar-refractivity contribution in [2.75, 3.05) is 11.9 Å². The van der Waals surface area contributed by atoms with E-state index in [1.165, 1.54) is 17.7 Å². The zero-order valence-corrected chi connectivity index (χ0v) is 13.1. The second-order valence-corrected chi connectivity index (χ2v) is 5.48. The maximum Gasteiger partial charge on any atom is 0.123 e. The molecule has 0 amide bonds. The smallest absolute Gasteiger partial charge is 0.123 e. The molecule has 0 radical (unpaired) electrons. The van der Waals surface area contributed by atoms with Crippen LogP contribution in [0.2, 0.25) is 0 Å². The zero-order valence-electron chi connectivity index (χ0n) is 12.3. The quantitative estimate of drug-likeness (QED) is 0.855. The Morgan fingerprint density at radius 2 is 1.86 bits per heavy atom. The van der Waals surface area contributed by atoms with E-state index < -0.39 is 0 Å². The van der Waals surface area contributed by atoms with E-state index in [0.29, 0.717) is 11.5 Å². The predicted octanol–water partition coefficient (Wildman–Crippen LogP) is 3.66. The van der Waals surface area contributed by atoms with Crippen LogP contribution in [0.1, 0.15) is 23.6 Å². The lowest BCUT2D eigenvalue weighted by Crippen LogP contribution is -2.20. The summed E-state index contributed by atoms with van der Waals surface area (Å²) in [5.74, 6) is -0.278. The van der Waals surface area contributed by atoms with Crippen LogP contribution < -0.4 is 10.6 Å². The minimum absolute atomic E-state index is 0.278. The fraction of sp³-hybridized carbons (Fsp3) is 0.235. The third-order valence-electron chi connectivity index (χ3n) is 3.53. The Balaban J connectivity index is 2.24. The topological polar surface area (TPSA) is 29.3 Å². The molecule has 110 valence electrons. The van der Waals surface area contributed by atoms with Crippen LogP contribution in [0.5, 0.6) is 0 Å². The third-order valence-corrected chi connectivity index (χ3v) is 3.75. The number of nitrogens with zero attached hydrogens (tertiary/aromatic N) is 1. The fourth-order valence-electron chi connectivity index (χ4n) is 2.27. The molecule has 0 aliphatic rings. The van der Waals surface area contributed by atoms with Crippen molar-refractivity contribution in [1.82, 2.24) is 0 Å². The monoisotopic (exact) mass is 302 g/mol. The van der Waals surface area contributed by atoms with E-state index in [4.69, 9.17) is 18.0 Å². The second-order valence-electron chi connectivity index (χ2n) is 5.04. The average molecular weight is 302 g/mol. The number of benzene rings is 2. The molecule has 0 aromatic heterocycles. The van der Waals surface area contributed by atoms with E-state index >= 15 is 0 Å². The molecule has 4 heteroatoms. The third kappa shape index (κ3) is 3.79. The molecular weight excluding hydrogens is 283 g/mol. The number of hydrogen-bond donors (Lipinski definition) is 1. The predicted molar refractivity (Wildman–Crippen MR) is 90.2 cm³/mol. The highest BCUT2D eigenvalue weighted by atomic mass is 32.1. The minimum Gasteiger partial charge on any atom is -0.389 e. The Morgan fingerprint density at radius 3 is 2.43 bits per heavy atom. The van der Waals surface area contributed by atoms with Gasteiger partial charge in [-0.2, -0.15) is 0 Å². The van der Waals surface area contributed by atoms with Gasteiger partial charge in [0.25, 0.3) is 0 Å². The van der Waals surface area contributed by atoms with Crippen LogP contribution in [0.15, 0.2) is 42.5 Å². The molecule has 2 N–H and O–H groups in total. The van der Waals surface area contributed by atoms with Gasteiger partial charge in [0.15, 0.2) is 0 Å². The first-order valence-electron chi connectivity index (χ1n) is 6.89. The van der Waals surface area contributed by atoms with Gasteiger partial charge in [0.2, 0.25) is 0 Å². The molecule has 0 unspecified atom stereocenters. The number of halogens is 1. The molecule has 0 aliphatic heterocycles. The Kier molecular flexibility index (Phi) is 4.91. The van der Waals surface area contributed by atoms with Crippen LogP contribution in [-0.4, -0.2) is 12.0 Å². The summed E-state index contributed by atoms with van der Waals surface area (Å²) in [7, 11) is 1.97. The van der Waals surface area contributed by atoms with Crippen molar-refractivity contribution in [3.05, 3.63) is 65.0 Å². The van der Waals surface area contributed by atoms with Crippen LogP contribution in [0.25, 0.3) is 0 Å². The molecule has 0 fully saturated rings. The fourth-order valence-corrected chi connectivity index (χ4v) is 2.47. The van der Waals surface area contributed by atoms with Gasteiger partial charge in [0.05, 0.1) is 0 Å². The first kappa shape index (κ1) is 15.4. The molecule has 0 saturated carbocycles. The van der Waals surface area contributed by atoms with Crippen LogP contribution in [0.3, 0.4) is 0 Å². The molecule has 0 spiro atoms. The van der Waals surface area contributed by atoms with Crippen LogP contribution >= 0.6 is 12.2 Å². The number of rotatable bonds is 5. The molecule has 0 atom stereocenters. The highest BCUT2D eigenvalue weighted by molar-refractivity contribution is 7.80. The molecule has 2 rings (SSSR count). The lowest BCUT2D eigenvalue weighted by molar-refractivity contribution is 0.625. The number of anilines is 1. The standard InChI is InChI=1S/C17H19FN2S/c1-3-12-4-7-15(8-5-12)20(2)11-13-10-14(18)6-9-16(13)17(19)21/h4-10H,3,11H2,1-2H3,(H2,19,21). The van der Waals surface area contributed by atoms with Gasteiger partial charge < -0.3 is 10.6 Å². The zero-order chi connectivity index (χ0) is 15.4. The van der Waals surface area contributed by atoms with Crippen LogP contribution in [0, 0.1) is 5.82 Å². The molecule has 2 aromatic rings. The first-order valence-corrected chi connectivity index (χ1v) is 7.30. The van der Waals surface area contributed by atoms with E-state index in [9.17, 15) is 4.39 Å². The highest BCUT2D eigenvalue weighted by Crippen LogP contribution is 2.19. The molecule has 0 heterocycles. The van der Waals surface area contributed by atoms with Crippen molar-refractivity contribution in [2.45, 2.75) is 19.9 Å². The lowest BCUT2D eigenvalue weighted by atomic mass is 10.1. The van der Waals surface area contributed by atoms with Crippen molar-refractivity contribution >= 4 is 22.9 Å². The van der Waals surface area contributed by atoms with Crippen molar-refractivity contribution in [3.63, 3.8) is 0 Å². The molecule has 21 heavy (non-hydrogen) atoms. The highest BCUT2D eigenvalue weighted by Gasteiger charge is 2.10. The summed E-state index contributed by atoms with van der Waals surface area (Å²) in [5, 5.41) is 0. The van der Waals surface area contributed by atoms with Crippen LogP contribution in [0.4, 0.5) is 10.1 Å². The summed E-state index contributed by atoms with van der Waals surface area (Å²) < 4.78 is 13.5. The molecule has 2 nitrogen and oxygen atoms in total. The van der Waals surface area contributed by atoms with Crippen molar-refractivity contribution < 1.29 is 4.39 Å². The summed E-state index contributed by atoms with van der Waals surface area (Å²) in [6.45, 7) is 2.68. The first-order chi connectivity index (χ1) is 10.0. The van der Waals surface area contributed by atoms with Gasteiger partial charge in [-0.15, -0.1) is 0 Å². The SMILES string of the molecule is CCc1ccc(N(C)Cc2cc(F)ccc2C(N)=S)cc1. The Morgan fingerprint density at radius 1 is 1.19 bits per heavy atom. The van der Waals surface area contributed by atoms with Crippen molar-refractivity contribution in [3.8, 4) is 0 Å². The molecular formula is C17H19FN2S. The van der Waals surface area contributed by atoms with E-state index in [1.54, 1.807) is 6.07 Å². The minimum atomic E-state index is -0.278. The Bertz CT molecular complexity index is 638. The van der Waals surface area contributed by atoms with E-state index in [-0.39, 0.29) is 5.82 Å². The molecule has 2 aromatic carbocycles. The summed E-state index contributed by atoms with van der Waals surface area (Å²) >= 11 is 5.03. The lowest BCUT2D eigenvalue weighted by Gasteiger charge is -2.21. The Hall–Kier alpha value is -1.94. The number of aryl methyl sites for hydroxylation is 1. The molecule has 0 bridgehead atoms. The van der Waals surface area contributed by atoms with Crippen LogP contribution in [-0.2, 0) is 13.0 Å². The van der Waals surface area contributed by atoms with Gasteiger partial charge in [-0.1, -0.05) is 31.3 Å².